The lowest BCUT2D eigenvalue weighted by Crippen LogP contribution is -2.52. The molecule has 1 aliphatic carbocycles. The van der Waals surface area contributed by atoms with E-state index in [-0.39, 0.29) is 12.8 Å². The van der Waals surface area contributed by atoms with E-state index in [4.69, 9.17) is 0 Å². The predicted octanol–water partition coefficient (Wildman–Crippen LogP) is 1.86. The normalized spacial score (nSPS) is 16.4. The van der Waals surface area contributed by atoms with Crippen LogP contribution in [0.15, 0.2) is 18.2 Å². The Labute approximate surface area is 118 Å². The molecule has 0 bridgehead atoms. The van der Waals surface area contributed by atoms with Crippen LogP contribution < -0.4 is 5.32 Å². The van der Waals surface area contributed by atoms with Gasteiger partial charge in [-0.05, 0) is 25.0 Å². The fourth-order valence-corrected chi connectivity index (χ4v) is 2.50. The second-order valence-electron chi connectivity index (χ2n) is 4.97. The number of halogens is 1. The van der Waals surface area contributed by atoms with Gasteiger partial charge in [-0.2, -0.15) is 0 Å². The molecule has 21 heavy (non-hydrogen) atoms. The number of nitrogens with zero attached hydrogens (tertiary/aromatic N) is 1. The van der Waals surface area contributed by atoms with E-state index in [9.17, 15) is 29.2 Å². The van der Waals surface area contributed by atoms with E-state index in [1.54, 1.807) is 0 Å². The molecule has 0 unspecified atom stereocenters. The maximum Gasteiger partial charge on any atom is 0.329 e. The number of nitro benzene ring substituents is 1. The van der Waals surface area contributed by atoms with Gasteiger partial charge in [0.05, 0.1) is 4.92 Å². The molecule has 0 heterocycles. The van der Waals surface area contributed by atoms with Gasteiger partial charge in [-0.3, -0.25) is 14.9 Å². The first-order valence-electron chi connectivity index (χ1n) is 6.35. The zero-order valence-electron chi connectivity index (χ0n) is 11.0. The molecule has 8 heteroatoms. The first kappa shape index (κ1) is 14.9. The molecule has 112 valence electrons. The Hall–Kier alpha value is -2.51. The smallest absolute Gasteiger partial charge is 0.329 e. The van der Waals surface area contributed by atoms with Gasteiger partial charge in [0.1, 0.15) is 16.9 Å². The van der Waals surface area contributed by atoms with Crippen LogP contribution in [-0.2, 0) is 4.79 Å². The van der Waals surface area contributed by atoms with Crippen molar-refractivity contribution in [3.05, 3.63) is 39.7 Å². The number of rotatable bonds is 4. The Bertz CT molecular complexity index is 611. The van der Waals surface area contributed by atoms with Gasteiger partial charge in [0.25, 0.3) is 11.6 Å². The second kappa shape index (κ2) is 5.47. The molecule has 1 amide bonds. The zero-order chi connectivity index (χ0) is 15.6. The van der Waals surface area contributed by atoms with Crippen LogP contribution in [0.4, 0.5) is 10.1 Å². The quantitative estimate of drug-likeness (QED) is 0.651. The minimum atomic E-state index is -1.43. The molecule has 0 atom stereocenters. The average molecular weight is 296 g/mol. The summed E-state index contributed by atoms with van der Waals surface area (Å²) in [5, 5.41) is 22.5. The van der Waals surface area contributed by atoms with E-state index in [1.807, 2.05) is 0 Å². The van der Waals surface area contributed by atoms with Crippen LogP contribution in [0.2, 0.25) is 0 Å². The first-order valence-corrected chi connectivity index (χ1v) is 6.35. The number of amides is 1. The number of carbonyl (C=O) groups is 2. The van der Waals surface area contributed by atoms with Crippen LogP contribution in [0, 0.1) is 15.9 Å². The van der Waals surface area contributed by atoms with Crippen molar-refractivity contribution in [1.29, 1.82) is 0 Å². The minimum absolute atomic E-state index is 0.247. The molecule has 1 aromatic rings. The molecular formula is C13H13FN2O5. The molecule has 0 aliphatic heterocycles. The molecule has 1 aromatic carbocycles. The lowest BCUT2D eigenvalue weighted by Gasteiger charge is -2.25. The van der Waals surface area contributed by atoms with E-state index >= 15 is 0 Å². The minimum Gasteiger partial charge on any atom is -0.480 e. The topological polar surface area (TPSA) is 110 Å². The third kappa shape index (κ3) is 2.83. The van der Waals surface area contributed by atoms with E-state index in [1.165, 1.54) is 0 Å². The summed E-state index contributed by atoms with van der Waals surface area (Å²) >= 11 is 0. The SMILES string of the molecule is O=C(NC1(C(=O)O)CCCC1)c1cc(F)ccc1[N+](=O)[O-]. The Morgan fingerprint density at radius 2 is 1.95 bits per heavy atom. The summed E-state index contributed by atoms with van der Waals surface area (Å²) < 4.78 is 13.2. The van der Waals surface area contributed by atoms with Gasteiger partial charge < -0.3 is 10.4 Å². The Morgan fingerprint density at radius 1 is 1.33 bits per heavy atom. The van der Waals surface area contributed by atoms with Crippen molar-refractivity contribution in [3.63, 3.8) is 0 Å². The molecule has 0 spiro atoms. The number of hydrogen-bond donors (Lipinski definition) is 2. The number of hydrogen-bond acceptors (Lipinski definition) is 4. The Kier molecular flexibility index (Phi) is 3.88. The maximum absolute atomic E-state index is 13.2. The lowest BCUT2D eigenvalue weighted by molar-refractivity contribution is -0.385. The molecular weight excluding hydrogens is 283 g/mol. The van der Waals surface area contributed by atoms with Crippen LogP contribution in [-0.4, -0.2) is 27.4 Å². The highest BCUT2D eigenvalue weighted by Gasteiger charge is 2.43. The molecule has 0 radical (unpaired) electrons. The van der Waals surface area contributed by atoms with Crippen molar-refractivity contribution in [1.82, 2.24) is 5.32 Å². The van der Waals surface area contributed by atoms with Crippen LogP contribution in [0.1, 0.15) is 36.0 Å². The van der Waals surface area contributed by atoms with Crippen molar-refractivity contribution in [3.8, 4) is 0 Å². The summed E-state index contributed by atoms with van der Waals surface area (Å²) in [6.45, 7) is 0. The summed E-state index contributed by atoms with van der Waals surface area (Å²) in [6.07, 6.45) is 1.77. The molecule has 0 aromatic heterocycles. The fourth-order valence-electron chi connectivity index (χ4n) is 2.50. The number of carboxylic acid groups (broad SMARTS) is 1. The van der Waals surface area contributed by atoms with Gasteiger partial charge in [-0.15, -0.1) is 0 Å². The van der Waals surface area contributed by atoms with Crippen LogP contribution >= 0.6 is 0 Å². The van der Waals surface area contributed by atoms with E-state index in [0.717, 1.165) is 18.2 Å². The first-order chi connectivity index (χ1) is 9.85. The highest BCUT2D eigenvalue weighted by atomic mass is 19.1. The molecule has 7 nitrogen and oxygen atoms in total. The van der Waals surface area contributed by atoms with Crippen molar-refractivity contribution < 1.29 is 24.0 Å². The van der Waals surface area contributed by atoms with E-state index in [2.05, 4.69) is 5.32 Å². The molecule has 2 rings (SSSR count). The number of carboxylic acids is 1. The average Bonchev–Trinajstić information content (AvgIpc) is 2.88. The van der Waals surface area contributed by atoms with Crippen LogP contribution in [0.5, 0.6) is 0 Å². The summed E-state index contributed by atoms with van der Waals surface area (Å²) in [7, 11) is 0. The highest BCUT2D eigenvalue weighted by Crippen LogP contribution is 2.31. The van der Waals surface area contributed by atoms with Gasteiger partial charge in [0.2, 0.25) is 0 Å². The summed E-state index contributed by atoms with van der Waals surface area (Å²) in [5.74, 6) is -2.94. The number of carbonyl (C=O) groups excluding carboxylic acids is 1. The number of aliphatic carboxylic acids is 1. The standard InChI is InChI=1S/C13H13FN2O5/c14-8-3-4-10(16(20)21)9(7-8)11(17)15-13(12(18)19)5-1-2-6-13/h3-4,7H,1-2,5-6H2,(H,15,17)(H,18,19). The fraction of sp³-hybridized carbons (Fsp3) is 0.385. The largest absolute Gasteiger partial charge is 0.480 e. The van der Waals surface area contributed by atoms with Gasteiger partial charge in [0.15, 0.2) is 0 Å². The summed E-state index contributed by atoms with van der Waals surface area (Å²) in [4.78, 5) is 33.6. The van der Waals surface area contributed by atoms with Gasteiger partial charge in [-0.25, -0.2) is 9.18 Å². The lowest BCUT2D eigenvalue weighted by atomic mass is 9.97. The summed E-state index contributed by atoms with van der Waals surface area (Å²) in [6, 6.07) is 2.49. The third-order valence-corrected chi connectivity index (χ3v) is 3.62. The Balaban J connectivity index is 2.34. The molecule has 1 fully saturated rings. The molecule has 2 N–H and O–H groups in total. The summed E-state index contributed by atoms with van der Waals surface area (Å²) in [5.41, 5.74) is -2.47. The molecule has 1 aliphatic rings. The van der Waals surface area contributed by atoms with Gasteiger partial charge in [0, 0.05) is 6.07 Å². The monoisotopic (exact) mass is 296 g/mol. The maximum atomic E-state index is 13.2. The van der Waals surface area contributed by atoms with Crippen molar-refractivity contribution in [2.24, 2.45) is 0 Å². The van der Waals surface area contributed by atoms with E-state index in [0.29, 0.717) is 12.8 Å². The second-order valence-corrected chi connectivity index (χ2v) is 4.97. The number of benzene rings is 1. The number of nitrogens with one attached hydrogen (secondary N) is 1. The van der Waals surface area contributed by atoms with Gasteiger partial charge in [-0.1, -0.05) is 12.8 Å². The highest BCUT2D eigenvalue weighted by molar-refractivity contribution is 6.01. The molecule has 0 saturated heterocycles. The Morgan fingerprint density at radius 3 is 2.48 bits per heavy atom. The third-order valence-electron chi connectivity index (χ3n) is 3.62. The van der Waals surface area contributed by atoms with Crippen molar-refractivity contribution in [2.45, 2.75) is 31.2 Å². The van der Waals surface area contributed by atoms with Crippen LogP contribution in [0.25, 0.3) is 0 Å². The van der Waals surface area contributed by atoms with E-state index < -0.39 is 39.4 Å². The van der Waals surface area contributed by atoms with Crippen molar-refractivity contribution >= 4 is 17.6 Å². The van der Waals surface area contributed by atoms with Gasteiger partial charge >= 0.3 is 5.97 Å². The molecule has 1 saturated carbocycles. The number of nitro groups is 1. The predicted molar refractivity (Wildman–Crippen MR) is 69.4 cm³/mol. The zero-order valence-corrected chi connectivity index (χ0v) is 11.0. The van der Waals surface area contributed by atoms with Crippen LogP contribution in [0.3, 0.4) is 0 Å². The van der Waals surface area contributed by atoms with Crippen molar-refractivity contribution in [2.75, 3.05) is 0 Å².